The zero-order valence-electron chi connectivity index (χ0n) is 13.8. The van der Waals surface area contributed by atoms with Crippen LogP contribution in [0.4, 0.5) is 0 Å². The first-order chi connectivity index (χ1) is 11.6. The van der Waals surface area contributed by atoms with Crippen molar-refractivity contribution in [3.8, 4) is 11.5 Å². The molecule has 0 N–H and O–H groups in total. The van der Waals surface area contributed by atoms with E-state index in [0.29, 0.717) is 22.3 Å². The Labute approximate surface area is 138 Å². The molecule has 124 valence electrons. The van der Waals surface area contributed by atoms with Crippen molar-refractivity contribution in [3.05, 3.63) is 46.9 Å². The molecule has 3 rings (SSSR count). The van der Waals surface area contributed by atoms with Gasteiger partial charge in [0.2, 0.25) is 23.1 Å². The molecule has 24 heavy (non-hydrogen) atoms. The fourth-order valence-electron chi connectivity index (χ4n) is 2.98. The van der Waals surface area contributed by atoms with Gasteiger partial charge < -0.3 is 18.9 Å². The summed E-state index contributed by atoms with van der Waals surface area (Å²) in [5.74, 6) is 0.0627. The molecule has 0 radical (unpaired) electrons. The van der Waals surface area contributed by atoms with Crippen molar-refractivity contribution in [3.63, 3.8) is 0 Å². The molecule has 6 nitrogen and oxygen atoms in total. The topological polar surface area (TPSA) is 71.1 Å². The third kappa shape index (κ3) is 2.03. The number of ether oxygens (including phenoxy) is 4. The molecule has 0 spiro atoms. The summed E-state index contributed by atoms with van der Waals surface area (Å²) in [7, 11) is 5.72. The lowest BCUT2D eigenvalue weighted by Gasteiger charge is -2.21. The third-order valence-electron chi connectivity index (χ3n) is 4.04. The van der Waals surface area contributed by atoms with E-state index < -0.39 is 5.78 Å². The highest BCUT2D eigenvalue weighted by Crippen LogP contribution is 2.40. The summed E-state index contributed by atoms with van der Waals surface area (Å²) in [5.41, 5.74) is 0.550. The highest BCUT2D eigenvalue weighted by Gasteiger charge is 2.36. The Kier molecular flexibility index (Phi) is 3.89. The second-order valence-corrected chi connectivity index (χ2v) is 5.11. The molecule has 0 unspecified atom stereocenters. The highest BCUT2D eigenvalue weighted by atomic mass is 16.5. The molecular formula is C18H16O6. The Balaban J connectivity index is 2.38. The molecule has 0 heterocycles. The van der Waals surface area contributed by atoms with Crippen LogP contribution in [0, 0.1) is 0 Å². The van der Waals surface area contributed by atoms with Gasteiger partial charge in [-0.15, -0.1) is 0 Å². The molecule has 6 heteroatoms. The lowest BCUT2D eigenvalue weighted by molar-refractivity contribution is 0.0830. The van der Waals surface area contributed by atoms with Gasteiger partial charge >= 0.3 is 0 Å². The summed E-state index contributed by atoms with van der Waals surface area (Å²) in [6.45, 7) is 0. The van der Waals surface area contributed by atoms with Crippen LogP contribution >= 0.6 is 0 Å². The van der Waals surface area contributed by atoms with Crippen molar-refractivity contribution < 1.29 is 28.5 Å². The number of methoxy groups -OCH3 is 4. The Morgan fingerprint density at radius 1 is 0.667 bits per heavy atom. The molecule has 0 atom stereocenters. The summed E-state index contributed by atoms with van der Waals surface area (Å²) >= 11 is 0. The molecule has 0 aliphatic heterocycles. The minimum absolute atomic E-state index is 0.0881. The molecule has 0 aromatic heterocycles. The lowest BCUT2D eigenvalue weighted by Crippen LogP contribution is -2.24. The SMILES string of the molecule is COC1=C(OC)C(=O)c2c(ccc3c(OC)c(OC)ccc23)C1=O. The minimum atomic E-state index is -0.401. The van der Waals surface area contributed by atoms with Crippen molar-refractivity contribution in [1.29, 1.82) is 0 Å². The van der Waals surface area contributed by atoms with E-state index in [4.69, 9.17) is 18.9 Å². The van der Waals surface area contributed by atoms with Gasteiger partial charge in [-0.1, -0.05) is 0 Å². The maximum absolute atomic E-state index is 12.8. The van der Waals surface area contributed by atoms with Gasteiger partial charge in [0.1, 0.15) is 0 Å². The molecule has 0 saturated heterocycles. The van der Waals surface area contributed by atoms with Crippen molar-refractivity contribution in [2.45, 2.75) is 0 Å². The summed E-state index contributed by atoms with van der Waals surface area (Å²) in [6.07, 6.45) is 0. The van der Waals surface area contributed by atoms with Gasteiger partial charge in [0.05, 0.1) is 28.4 Å². The maximum atomic E-state index is 12.8. The minimum Gasteiger partial charge on any atom is -0.493 e. The molecule has 0 bridgehead atoms. The fourth-order valence-corrected chi connectivity index (χ4v) is 2.98. The van der Waals surface area contributed by atoms with Crippen LogP contribution in [0.25, 0.3) is 10.8 Å². The Morgan fingerprint density at radius 2 is 1.29 bits per heavy atom. The number of benzene rings is 2. The zero-order chi connectivity index (χ0) is 17.4. The highest BCUT2D eigenvalue weighted by molar-refractivity contribution is 6.29. The summed E-state index contributed by atoms with van der Waals surface area (Å²) in [6, 6.07) is 6.74. The lowest BCUT2D eigenvalue weighted by atomic mass is 9.87. The first kappa shape index (κ1) is 15.9. The van der Waals surface area contributed by atoms with Crippen LogP contribution in [-0.2, 0) is 9.47 Å². The number of fused-ring (bicyclic) bond motifs is 3. The second kappa shape index (κ2) is 5.88. The molecule has 2 aromatic rings. The van der Waals surface area contributed by atoms with Crippen molar-refractivity contribution in [2.75, 3.05) is 28.4 Å². The van der Waals surface area contributed by atoms with Gasteiger partial charge in [0, 0.05) is 16.5 Å². The number of hydrogen-bond acceptors (Lipinski definition) is 6. The van der Waals surface area contributed by atoms with Crippen molar-refractivity contribution >= 4 is 22.3 Å². The van der Waals surface area contributed by atoms with Gasteiger partial charge in [-0.05, 0) is 29.7 Å². The van der Waals surface area contributed by atoms with Gasteiger partial charge in [-0.2, -0.15) is 0 Å². The van der Waals surface area contributed by atoms with Crippen molar-refractivity contribution in [1.82, 2.24) is 0 Å². The molecule has 0 fully saturated rings. The summed E-state index contributed by atoms with van der Waals surface area (Å²) in [5, 5.41) is 1.27. The van der Waals surface area contributed by atoms with Gasteiger partial charge in [0.25, 0.3) is 0 Å². The Hall–Kier alpha value is -3.02. The fraction of sp³-hybridized carbons (Fsp3) is 0.222. The quantitative estimate of drug-likeness (QED) is 0.859. The predicted octanol–water partition coefficient (Wildman–Crippen LogP) is 2.74. The second-order valence-electron chi connectivity index (χ2n) is 5.11. The largest absolute Gasteiger partial charge is 0.493 e. The van der Waals surface area contributed by atoms with Gasteiger partial charge in [-0.25, -0.2) is 0 Å². The number of allylic oxidation sites excluding steroid dienone is 2. The molecule has 2 aromatic carbocycles. The molecule has 1 aliphatic rings. The predicted molar refractivity (Wildman–Crippen MR) is 86.8 cm³/mol. The van der Waals surface area contributed by atoms with Crippen LogP contribution in [-0.4, -0.2) is 40.0 Å². The standard InChI is InChI=1S/C18H16O6/c1-21-12-8-7-9-10(16(12)22-2)5-6-11-13(9)15(20)18(24-4)17(23-3)14(11)19/h5-8H,1-4H3. The van der Waals surface area contributed by atoms with Crippen LogP contribution in [0.3, 0.4) is 0 Å². The summed E-state index contributed by atoms with van der Waals surface area (Å²) < 4.78 is 20.9. The summed E-state index contributed by atoms with van der Waals surface area (Å²) in [4.78, 5) is 25.5. The maximum Gasteiger partial charge on any atom is 0.232 e. The molecular weight excluding hydrogens is 312 g/mol. The van der Waals surface area contributed by atoms with E-state index in [1.807, 2.05) is 0 Å². The van der Waals surface area contributed by atoms with Crippen LogP contribution in [0.5, 0.6) is 11.5 Å². The van der Waals surface area contributed by atoms with Crippen molar-refractivity contribution in [2.24, 2.45) is 0 Å². The molecule has 0 amide bonds. The van der Waals surface area contributed by atoms with E-state index in [-0.39, 0.29) is 28.4 Å². The van der Waals surface area contributed by atoms with E-state index in [1.54, 1.807) is 24.3 Å². The first-order valence-corrected chi connectivity index (χ1v) is 7.18. The smallest absolute Gasteiger partial charge is 0.232 e. The van der Waals surface area contributed by atoms with Crippen LogP contribution in [0.15, 0.2) is 35.8 Å². The van der Waals surface area contributed by atoms with Gasteiger partial charge in [-0.3, -0.25) is 9.59 Å². The number of Topliss-reactive ketones (excluding diaryl/α,β-unsaturated/α-hetero) is 2. The van der Waals surface area contributed by atoms with Crippen LogP contribution in [0.2, 0.25) is 0 Å². The number of carbonyl (C=O) groups is 2. The Bertz CT molecular complexity index is 894. The van der Waals surface area contributed by atoms with Gasteiger partial charge in [0.15, 0.2) is 11.5 Å². The zero-order valence-corrected chi connectivity index (χ0v) is 13.8. The monoisotopic (exact) mass is 328 g/mol. The average molecular weight is 328 g/mol. The first-order valence-electron chi connectivity index (χ1n) is 7.18. The van der Waals surface area contributed by atoms with E-state index >= 15 is 0 Å². The Morgan fingerprint density at radius 3 is 1.88 bits per heavy atom. The number of carbonyl (C=O) groups excluding carboxylic acids is 2. The van der Waals surface area contributed by atoms with Crippen LogP contribution in [0.1, 0.15) is 20.7 Å². The van der Waals surface area contributed by atoms with Crippen LogP contribution < -0.4 is 9.47 Å². The third-order valence-corrected chi connectivity index (χ3v) is 4.04. The number of rotatable bonds is 4. The van der Waals surface area contributed by atoms with E-state index in [2.05, 4.69) is 0 Å². The number of ketones is 2. The normalized spacial score (nSPS) is 13.8. The number of hydrogen-bond donors (Lipinski definition) is 0. The average Bonchev–Trinajstić information content (AvgIpc) is 2.62. The van der Waals surface area contributed by atoms with E-state index in [0.717, 1.165) is 0 Å². The molecule has 0 saturated carbocycles. The van der Waals surface area contributed by atoms with E-state index in [9.17, 15) is 9.59 Å². The molecule has 1 aliphatic carbocycles. The van der Waals surface area contributed by atoms with E-state index in [1.165, 1.54) is 28.4 Å².